The molecule has 2 heterocycles. The summed E-state index contributed by atoms with van der Waals surface area (Å²) in [5.74, 6) is -0.927. The number of rotatable bonds is 5. The van der Waals surface area contributed by atoms with E-state index >= 15 is 0 Å². The van der Waals surface area contributed by atoms with E-state index in [1.165, 1.54) is 28.4 Å². The molecular weight excluding hydrogens is 381 g/mol. The average molecular weight is 401 g/mol. The standard InChI is InChI=1S/C20H20FN3O3S/c1-11-9-16(23-19(26)12-4-5-12)28-18(11)20(27)22-13-6-7-15(14(21)10-13)24-8-2-3-17(24)25/h6-7,9-10,12H,2-5,8H2,1H3,(H,22,27)(H,23,26). The molecule has 146 valence electrons. The van der Waals surface area contributed by atoms with E-state index in [4.69, 9.17) is 0 Å². The van der Waals surface area contributed by atoms with Gasteiger partial charge in [-0.1, -0.05) is 0 Å². The van der Waals surface area contributed by atoms with Crippen LogP contribution >= 0.6 is 11.3 Å². The van der Waals surface area contributed by atoms with Gasteiger partial charge < -0.3 is 15.5 Å². The lowest BCUT2D eigenvalue weighted by Crippen LogP contribution is -2.24. The van der Waals surface area contributed by atoms with E-state index < -0.39 is 5.82 Å². The van der Waals surface area contributed by atoms with Crippen LogP contribution in [0.2, 0.25) is 0 Å². The van der Waals surface area contributed by atoms with Gasteiger partial charge in [-0.05, 0) is 56.0 Å². The number of nitrogens with one attached hydrogen (secondary N) is 2. The summed E-state index contributed by atoms with van der Waals surface area (Å²) in [5.41, 5.74) is 1.29. The van der Waals surface area contributed by atoms with Gasteiger partial charge in [0.15, 0.2) is 0 Å². The Morgan fingerprint density at radius 1 is 1.21 bits per heavy atom. The van der Waals surface area contributed by atoms with E-state index in [9.17, 15) is 18.8 Å². The van der Waals surface area contributed by atoms with Crippen LogP contribution in [-0.4, -0.2) is 24.3 Å². The number of nitrogens with zero attached hydrogens (tertiary/aromatic N) is 1. The van der Waals surface area contributed by atoms with Gasteiger partial charge >= 0.3 is 0 Å². The Bertz CT molecular complexity index is 968. The van der Waals surface area contributed by atoms with Crippen molar-refractivity contribution in [2.45, 2.75) is 32.6 Å². The van der Waals surface area contributed by atoms with Crippen molar-refractivity contribution in [1.29, 1.82) is 0 Å². The van der Waals surface area contributed by atoms with Gasteiger partial charge in [-0.3, -0.25) is 14.4 Å². The lowest BCUT2D eigenvalue weighted by Gasteiger charge is -2.17. The summed E-state index contributed by atoms with van der Waals surface area (Å²) in [4.78, 5) is 38.2. The van der Waals surface area contributed by atoms with Gasteiger partial charge in [-0.15, -0.1) is 11.3 Å². The number of halogens is 1. The van der Waals surface area contributed by atoms with Crippen LogP contribution in [0.3, 0.4) is 0 Å². The summed E-state index contributed by atoms with van der Waals surface area (Å²) < 4.78 is 14.4. The van der Waals surface area contributed by atoms with Crippen LogP contribution in [0.1, 0.15) is 40.9 Å². The summed E-state index contributed by atoms with van der Waals surface area (Å²) in [7, 11) is 0. The quantitative estimate of drug-likeness (QED) is 0.797. The molecule has 2 aromatic rings. The molecule has 0 unspecified atom stereocenters. The summed E-state index contributed by atoms with van der Waals surface area (Å²) in [6.45, 7) is 2.30. The first-order valence-electron chi connectivity index (χ1n) is 9.25. The van der Waals surface area contributed by atoms with E-state index in [-0.39, 0.29) is 29.3 Å². The van der Waals surface area contributed by atoms with Crippen molar-refractivity contribution in [1.82, 2.24) is 0 Å². The van der Waals surface area contributed by atoms with Crippen LogP contribution in [0.25, 0.3) is 0 Å². The molecule has 2 aliphatic rings. The highest BCUT2D eigenvalue weighted by Gasteiger charge is 2.30. The topological polar surface area (TPSA) is 78.5 Å². The molecule has 1 saturated carbocycles. The highest BCUT2D eigenvalue weighted by Crippen LogP contribution is 2.33. The third-order valence-electron chi connectivity index (χ3n) is 4.89. The van der Waals surface area contributed by atoms with E-state index in [2.05, 4.69) is 10.6 Å². The van der Waals surface area contributed by atoms with Crippen molar-refractivity contribution in [2.24, 2.45) is 5.92 Å². The molecule has 1 aromatic heterocycles. The second kappa shape index (κ2) is 7.35. The van der Waals surface area contributed by atoms with E-state index in [1.807, 2.05) is 0 Å². The minimum Gasteiger partial charge on any atom is -0.321 e. The lowest BCUT2D eigenvalue weighted by molar-refractivity contribution is -0.118. The molecule has 1 saturated heterocycles. The highest BCUT2D eigenvalue weighted by molar-refractivity contribution is 7.18. The van der Waals surface area contributed by atoms with Gasteiger partial charge in [0.25, 0.3) is 5.91 Å². The zero-order valence-electron chi connectivity index (χ0n) is 15.4. The zero-order chi connectivity index (χ0) is 19.8. The van der Waals surface area contributed by atoms with Gasteiger partial charge in [0.1, 0.15) is 5.82 Å². The Kier molecular flexibility index (Phi) is 4.89. The predicted molar refractivity (Wildman–Crippen MR) is 106 cm³/mol. The molecule has 0 atom stereocenters. The van der Waals surface area contributed by atoms with Crippen molar-refractivity contribution < 1.29 is 18.8 Å². The zero-order valence-corrected chi connectivity index (χ0v) is 16.2. The molecule has 6 nitrogen and oxygen atoms in total. The van der Waals surface area contributed by atoms with Gasteiger partial charge in [0.05, 0.1) is 15.6 Å². The number of anilines is 3. The van der Waals surface area contributed by atoms with Crippen molar-refractivity contribution in [3.8, 4) is 0 Å². The summed E-state index contributed by atoms with van der Waals surface area (Å²) in [6, 6.07) is 6.08. The minimum atomic E-state index is -0.548. The van der Waals surface area contributed by atoms with Gasteiger partial charge in [0.2, 0.25) is 11.8 Å². The Hall–Kier alpha value is -2.74. The predicted octanol–water partition coefficient (Wildman–Crippen LogP) is 3.92. The largest absolute Gasteiger partial charge is 0.321 e. The highest BCUT2D eigenvalue weighted by atomic mass is 32.1. The van der Waals surface area contributed by atoms with Crippen LogP contribution in [0.5, 0.6) is 0 Å². The van der Waals surface area contributed by atoms with E-state index in [0.717, 1.165) is 18.4 Å². The Morgan fingerprint density at radius 2 is 2.00 bits per heavy atom. The molecule has 1 aromatic carbocycles. The third kappa shape index (κ3) is 3.77. The SMILES string of the molecule is Cc1cc(NC(=O)C2CC2)sc1C(=O)Nc1ccc(N2CCCC2=O)c(F)c1. The first kappa shape index (κ1) is 18.6. The van der Waals surface area contributed by atoms with Gasteiger partial charge in [-0.2, -0.15) is 0 Å². The molecule has 2 fully saturated rings. The number of amides is 3. The Labute approximate surface area is 165 Å². The fourth-order valence-electron chi connectivity index (χ4n) is 3.23. The fraction of sp³-hybridized carbons (Fsp3) is 0.350. The maximum atomic E-state index is 14.4. The molecular formula is C20H20FN3O3S. The van der Waals surface area contributed by atoms with Crippen molar-refractivity contribution in [2.75, 3.05) is 22.1 Å². The molecule has 2 N–H and O–H groups in total. The summed E-state index contributed by atoms with van der Waals surface area (Å²) in [5, 5.41) is 6.16. The van der Waals surface area contributed by atoms with E-state index in [1.54, 1.807) is 19.1 Å². The molecule has 3 amide bonds. The second-order valence-corrected chi connectivity index (χ2v) is 8.21. The molecule has 4 rings (SSSR count). The maximum absolute atomic E-state index is 14.4. The number of carbonyl (C=O) groups excluding carboxylic acids is 3. The molecule has 28 heavy (non-hydrogen) atoms. The molecule has 1 aliphatic carbocycles. The van der Waals surface area contributed by atoms with Crippen molar-refractivity contribution in [3.05, 3.63) is 40.5 Å². The van der Waals surface area contributed by atoms with Crippen LogP contribution in [0.15, 0.2) is 24.3 Å². The van der Waals surface area contributed by atoms with Crippen LogP contribution in [0, 0.1) is 18.7 Å². The number of carbonyl (C=O) groups is 3. The monoisotopic (exact) mass is 401 g/mol. The minimum absolute atomic E-state index is 0.0117. The normalized spacial score (nSPS) is 16.4. The van der Waals surface area contributed by atoms with Crippen LogP contribution in [0.4, 0.5) is 20.8 Å². The van der Waals surface area contributed by atoms with Gasteiger partial charge in [0, 0.05) is 24.6 Å². The Balaban J connectivity index is 1.46. The number of thiophene rings is 1. The molecule has 8 heteroatoms. The fourth-order valence-corrected chi connectivity index (χ4v) is 4.20. The summed E-state index contributed by atoms with van der Waals surface area (Å²) in [6.07, 6.45) is 2.96. The lowest BCUT2D eigenvalue weighted by atomic mass is 10.2. The number of hydrogen-bond acceptors (Lipinski definition) is 4. The average Bonchev–Trinajstić information content (AvgIpc) is 3.32. The van der Waals surface area contributed by atoms with Crippen molar-refractivity contribution >= 4 is 45.4 Å². The van der Waals surface area contributed by atoms with Crippen LogP contribution in [-0.2, 0) is 9.59 Å². The molecule has 0 bridgehead atoms. The number of aryl methyl sites for hydroxylation is 1. The third-order valence-corrected chi connectivity index (χ3v) is 6.04. The van der Waals surface area contributed by atoms with Gasteiger partial charge in [-0.25, -0.2) is 4.39 Å². The first-order chi connectivity index (χ1) is 13.4. The summed E-state index contributed by atoms with van der Waals surface area (Å²) >= 11 is 1.20. The number of hydrogen-bond donors (Lipinski definition) is 2. The smallest absolute Gasteiger partial charge is 0.266 e. The van der Waals surface area contributed by atoms with Crippen molar-refractivity contribution in [3.63, 3.8) is 0 Å². The Morgan fingerprint density at radius 3 is 2.64 bits per heavy atom. The molecule has 0 radical (unpaired) electrons. The second-order valence-electron chi connectivity index (χ2n) is 7.16. The first-order valence-corrected chi connectivity index (χ1v) is 10.1. The maximum Gasteiger partial charge on any atom is 0.266 e. The van der Waals surface area contributed by atoms with Crippen LogP contribution < -0.4 is 15.5 Å². The van der Waals surface area contributed by atoms with E-state index in [0.29, 0.717) is 35.0 Å². The molecule has 1 aliphatic heterocycles. The number of benzene rings is 1. The molecule has 0 spiro atoms.